The van der Waals surface area contributed by atoms with Crippen LogP contribution < -0.4 is 10.2 Å². The number of hydrogen-bond acceptors (Lipinski definition) is 3. The van der Waals surface area contributed by atoms with Gasteiger partial charge in [0.1, 0.15) is 5.82 Å². The van der Waals surface area contributed by atoms with Crippen LogP contribution >= 0.6 is 0 Å². The van der Waals surface area contributed by atoms with Gasteiger partial charge in [0, 0.05) is 25.0 Å². The van der Waals surface area contributed by atoms with Crippen molar-refractivity contribution in [3.63, 3.8) is 0 Å². The molecule has 3 rings (SSSR count). The lowest BCUT2D eigenvalue weighted by Crippen LogP contribution is -2.28. The third-order valence-electron chi connectivity index (χ3n) is 4.21. The molecule has 4 heteroatoms. The maximum Gasteiger partial charge on any atom is 0.259 e. The number of pyridine rings is 1. The SMILES string of the molecule is Cc1cccc(NC(=O)c2cccnc2N2CCCCCC2)c1. The molecule has 0 saturated carbocycles. The molecule has 1 aliphatic rings. The third kappa shape index (κ3) is 3.89. The Labute approximate surface area is 137 Å². The largest absolute Gasteiger partial charge is 0.356 e. The Morgan fingerprint density at radius 1 is 1.09 bits per heavy atom. The second-order valence-electron chi connectivity index (χ2n) is 6.10. The maximum atomic E-state index is 12.7. The number of rotatable bonds is 3. The molecule has 0 spiro atoms. The van der Waals surface area contributed by atoms with E-state index in [9.17, 15) is 4.79 Å². The Kier molecular flexibility index (Phi) is 4.91. The number of aromatic nitrogens is 1. The van der Waals surface area contributed by atoms with Crippen LogP contribution in [-0.2, 0) is 0 Å². The molecule has 1 aromatic carbocycles. The second-order valence-corrected chi connectivity index (χ2v) is 6.10. The molecule has 23 heavy (non-hydrogen) atoms. The van der Waals surface area contributed by atoms with Gasteiger partial charge in [0.25, 0.3) is 5.91 Å². The molecule has 1 saturated heterocycles. The van der Waals surface area contributed by atoms with Crippen molar-refractivity contribution in [1.29, 1.82) is 0 Å². The lowest BCUT2D eigenvalue weighted by molar-refractivity contribution is 0.102. The number of nitrogens with zero attached hydrogens (tertiary/aromatic N) is 2. The van der Waals surface area contributed by atoms with Crippen LogP contribution in [0.2, 0.25) is 0 Å². The Hall–Kier alpha value is -2.36. The van der Waals surface area contributed by atoms with Gasteiger partial charge < -0.3 is 10.2 Å². The van der Waals surface area contributed by atoms with E-state index in [2.05, 4.69) is 15.2 Å². The average Bonchev–Trinajstić information content (AvgIpc) is 2.84. The lowest BCUT2D eigenvalue weighted by atomic mass is 10.2. The average molecular weight is 309 g/mol. The van der Waals surface area contributed by atoms with Crippen molar-refractivity contribution in [1.82, 2.24) is 4.98 Å². The van der Waals surface area contributed by atoms with Crippen LogP contribution in [0.25, 0.3) is 0 Å². The highest BCUT2D eigenvalue weighted by atomic mass is 16.1. The molecule has 0 atom stereocenters. The highest BCUT2D eigenvalue weighted by Crippen LogP contribution is 2.22. The van der Waals surface area contributed by atoms with E-state index in [4.69, 9.17) is 0 Å². The van der Waals surface area contributed by atoms with Crippen LogP contribution in [0.4, 0.5) is 11.5 Å². The molecular weight excluding hydrogens is 286 g/mol. The van der Waals surface area contributed by atoms with E-state index in [1.54, 1.807) is 6.20 Å². The summed E-state index contributed by atoms with van der Waals surface area (Å²) in [6, 6.07) is 11.5. The Morgan fingerprint density at radius 3 is 2.61 bits per heavy atom. The lowest BCUT2D eigenvalue weighted by Gasteiger charge is -2.23. The fourth-order valence-electron chi connectivity index (χ4n) is 3.03. The molecule has 4 nitrogen and oxygen atoms in total. The molecule has 1 aliphatic heterocycles. The van der Waals surface area contributed by atoms with E-state index in [0.717, 1.165) is 43.0 Å². The number of amides is 1. The van der Waals surface area contributed by atoms with Gasteiger partial charge in [0.2, 0.25) is 0 Å². The van der Waals surface area contributed by atoms with Gasteiger partial charge in [-0.15, -0.1) is 0 Å². The second kappa shape index (κ2) is 7.27. The number of nitrogens with one attached hydrogen (secondary N) is 1. The van der Waals surface area contributed by atoms with Gasteiger partial charge in [0.05, 0.1) is 5.56 Å². The monoisotopic (exact) mass is 309 g/mol. The van der Waals surface area contributed by atoms with Gasteiger partial charge in [-0.1, -0.05) is 25.0 Å². The van der Waals surface area contributed by atoms with Crippen molar-refractivity contribution >= 4 is 17.4 Å². The van der Waals surface area contributed by atoms with E-state index < -0.39 is 0 Å². The summed E-state index contributed by atoms with van der Waals surface area (Å²) in [6.45, 7) is 3.96. The fraction of sp³-hybridized carbons (Fsp3) is 0.368. The van der Waals surface area contributed by atoms with E-state index in [1.165, 1.54) is 12.8 Å². The molecular formula is C19H23N3O. The minimum absolute atomic E-state index is 0.0945. The first-order chi connectivity index (χ1) is 11.2. The zero-order chi connectivity index (χ0) is 16.1. The normalized spacial score (nSPS) is 15.1. The van der Waals surface area contributed by atoms with Crippen LogP contribution in [0.1, 0.15) is 41.6 Å². The third-order valence-corrected chi connectivity index (χ3v) is 4.21. The summed E-state index contributed by atoms with van der Waals surface area (Å²) in [5, 5.41) is 2.99. The number of aryl methyl sites for hydroxylation is 1. The predicted molar refractivity (Wildman–Crippen MR) is 94.1 cm³/mol. The molecule has 0 unspecified atom stereocenters. The molecule has 0 bridgehead atoms. The summed E-state index contributed by atoms with van der Waals surface area (Å²) in [7, 11) is 0. The molecule has 2 heterocycles. The number of carbonyl (C=O) groups is 1. The quantitative estimate of drug-likeness (QED) is 0.931. The number of hydrogen-bond donors (Lipinski definition) is 1. The molecule has 1 N–H and O–H groups in total. The topological polar surface area (TPSA) is 45.2 Å². The van der Waals surface area contributed by atoms with Crippen molar-refractivity contribution < 1.29 is 4.79 Å². The molecule has 1 aromatic heterocycles. The summed E-state index contributed by atoms with van der Waals surface area (Å²) < 4.78 is 0. The van der Waals surface area contributed by atoms with Gasteiger partial charge in [-0.3, -0.25) is 4.79 Å². The van der Waals surface area contributed by atoms with E-state index >= 15 is 0 Å². The van der Waals surface area contributed by atoms with Crippen molar-refractivity contribution in [2.45, 2.75) is 32.6 Å². The number of benzene rings is 1. The standard InChI is InChI=1S/C19H23N3O/c1-15-8-6-9-16(14-15)21-19(23)17-10-7-11-20-18(17)22-12-4-2-3-5-13-22/h6-11,14H,2-5,12-13H2,1H3,(H,21,23). The van der Waals surface area contributed by atoms with Crippen LogP contribution in [-0.4, -0.2) is 24.0 Å². The Bertz CT molecular complexity index is 676. The Morgan fingerprint density at radius 2 is 1.87 bits per heavy atom. The number of carbonyl (C=O) groups excluding carboxylic acids is 1. The summed E-state index contributed by atoms with van der Waals surface area (Å²) in [5.74, 6) is 0.711. The Balaban J connectivity index is 1.82. The van der Waals surface area contributed by atoms with Crippen molar-refractivity contribution in [2.75, 3.05) is 23.3 Å². The van der Waals surface area contributed by atoms with E-state index in [0.29, 0.717) is 5.56 Å². The molecule has 0 aliphatic carbocycles. The van der Waals surface area contributed by atoms with Crippen LogP contribution in [0.5, 0.6) is 0 Å². The van der Waals surface area contributed by atoms with Crippen molar-refractivity contribution in [2.24, 2.45) is 0 Å². The van der Waals surface area contributed by atoms with Gasteiger partial charge >= 0.3 is 0 Å². The van der Waals surface area contributed by atoms with Gasteiger partial charge in [0.15, 0.2) is 0 Å². The van der Waals surface area contributed by atoms with Gasteiger partial charge in [-0.05, 0) is 49.6 Å². The van der Waals surface area contributed by atoms with Crippen molar-refractivity contribution in [3.05, 3.63) is 53.7 Å². The maximum absolute atomic E-state index is 12.7. The molecule has 120 valence electrons. The van der Waals surface area contributed by atoms with Crippen LogP contribution in [0, 0.1) is 6.92 Å². The highest BCUT2D eigenvalue weighted by molar-refractivity contribution is 6.07. The summed E-state index contributed by atoms with van der Waals surface area (Å²) in [4.78, 5) is 19.4. The fourth-order valence-corrected chi connectivity index (χ4v) is 3.03. The number of anilines is 2. The van der Waals surface area contributed by atoms with E-state index in [1.807, 2.05) is 43.3 Å². The first kappa shape index (κ1) is 15.5. The molecule has 2 aromatic rings. The summed E-state index contributed by atoms with van der Waals surface area (Å²) in [6.07, 6.45) is 6.61. The van der Waals surface area contributed by atoms with Crippen molar-refractivity contribution in [3.8, 4) is 0 Å². The minimum Gasteiger partial charge on any atom is -0.356 e. The predicted octanol–water partition coefficient (Wildman–Crippen LogP) is 4.02. The zero-order valence-electron chi connectivity index (χ0n) is 13.6. The first-order valence-corrected chi connectivity index (χ1v) is 8.32. The first-order valence-electron chi connectivity index (χ1n) is 8.32. The smallest absolute Gasteiger partial charge is 0.259 e. The molecule has 0 radical (unpaired) electrons. The van der Waals surface area contributed by atoms with Crippen LogP contribution in [0.15, 0.2) is 42.6 Å². The minimum atomic E-state index is -0.0945. The molecule has 1 fully saturated rings. The summed E-state index contributed by atoms with van der Waals surface area (Å²) in [5.41, 5.74) is 2.60. The zero-order valence-corrected chi connectivity index (χ0v) is 13.6. The van der Waals surface area contributed by atoms with Crippen LogP contribution in [0.3, 0.4) is 0 Å². The molecule has 1 amide bonds. The van der Waals surface area contributed by atoms with E-state index in [-0.39, 0.29) is 5.91 Å². The van der Waals surface area contributed by atoms with Gasteiger partial charge in [-0.2, -0.15) is 0 Å². The van der Waals surface area contributed by atoms with Gasteiger partial charge in [-0.25, -0.2) is 4.98 Å². The summed E-state index contributed by atoms with van der Waals surface area (Å²) >= 11 is 0. The highest BCUT2D eigenvalue weighted by Gasteiger charge is 2.19.